The van der Waals surface area contributed by atoms with E-state index < -0.39 is 0 Å². The van der Waals surface area contributed by atoms with Crippen molar-refractivity contribution >= 4 is 23.2 Å². The van der Waals surface area contributed by atoms with Crippen molar-refractivity contribution < 1.29 is 14.3 Å². The summed E-state index contributed by atoms with van der Waals surface area (Å²) in [5.41, 5.74) is 5.23. The van der Waals surface area contributed by atoms with Crippen molar-refractivity contribution in [1.29, 1.82) is 0 Å². The molecule has 0 unspecified atom stereocenters. The number of nitrogens with zero attached hydrogens (tertiary/aromatic N) is 3. The van der Waals surface area contributed by atoms with Gasteiger partial charge in [-0.25, -0.2) is 0 Å². The van der Waals surface area contributed by atoms with Crippen molar-refractivity contribution in [2.24, 2.45) is 0 Å². The number of nitrogens with one attached hydrogen (secondary N) is 1. The molecule has 3 aliphatic heterocycles. The number of ether oxygens (including phenoxy) is 2. The highest BCUT2D eigenvalue weighted by molar-refractivity contribution is 6.32. The molecule has 0 aliphatic carbocycles. The lowest BCUT2D eigenvalue weighted by Crippen LogP contribution is -2.56. The summed E-state index contributed by atoms with van der Waals surface area (Å²) >= 11 is 6.27. The van der Waals surface area contributed by atoms with E-state index in [2.05, 4.69) is 58.1 Å². The number of hydrogen-bond donors (Lipinski definition) is 1. The van der Waals surface area contributed by atoms with Crippen LogP contribution < -0.4 is 19.7 Å². The quantitative estimate of drug-likeness (QED) is 0.495. The van der Waals surface area contributed by atoms with Gasteiger partial charge in [-0.3, -0.25) is 14.6 Å². The van der Waals surface area contributed by atoms with Crippen LogP contribution in [-0.4, -0.2) is 81.3 Å². The first kappa shape index (κ1) is 27.1. The van der Waals surface area contributed by atoms with Gasteiger partial charge in [0.1, 0.15) is 11.5 Å². The van der Waals surface area contributed by atoms with E-state index in [1.54, 1.807) is 7.11 Å². The summed E-state index contributed by atoms with van der Waals surface area (Å²) in [6.07, 6.45) is 4.60. The standard InChI is InChI=1S/C30H41ClN4O3/c1-21-22(2)28(38-17-5-13-33-14-12-32-30(36)20-33)11-9-25(21)27-7-4-6-24-19-34(15-16-35(24)27)23-8-10-26(31)29(18-23)37-3/h8-11,18,24,27H,4-7,12-17,19-20H2,1-3H3,(H,32,36)/t24-,27+/m0/s1. The van der Waals surface area contributed by atoms with Gasteiger partial charge in [0.05, 0.1) is 25.3 Å². The van der Waals surface area contributed by atoms with Gasteiger partial charge in [-0.2, -0.15) is 0 Å². The number of anilines is 1. The molecule has 0 saturated carbocycles. The molecule has 2 aromatic rings. The van der Waals surface area contributed by atoms with E-state index in [1.807, 2.05) is 6.07 Å². The monoisotopic (exact) mass is 540 g/mol. The predicted molar refractivity (Wildman–Crippen MR) is 153 cm³/mol. The highest BCUT2D eigenvalue weighted by Crippen LogP contribution is 2.40. The lowest BCUT2D eigenvalue weighted by Gasteiger charge is -2.49. The van der Waals surface area contributed by atoms with Crippen LogP contribution in [0, 0.1) is 13.8 Å². The number of hydrogen-bond acceptors (Lipinski definition) is 6. The van der Waals surface area contributed by atoms with Gasteiger partial charge in [0, 0.05) is 63.1 Å². The molecule has 5 rings (SSSR count). The zero-order valence-corrected chi connectivity index (χ0v) is 23.7. The molecule has 7 nitrogen and oxygen atoms in total. The van der Waals surface area contributed by atoms with Crippen molar-refractivity contribution in [3.8, 4) is 11.5 Å². The molecule has 2 atom stereocenters. The summed E-state index contributed by atoms with van der Waals surface area (Å²) < 4.78 is 11.7. The van der Waals surface area contributed by atoms with Gasteiger partial charge in [-0.15, -0.1) is 0 Å². The molecule has 1 amide bonds. The molecule has 8 heteroatoms. The third-order valence-corrected chi connectivity index (χ3v) is 8.89. The Labute approximate surface area is 232 Å². The fraction of sp³-hybridized carbons (Fsp3) is 0.567. The molecule has 3 saturated heterocycles. The van der Waals surface area contributed by atoms with Crippen LogP contribution in [0.15, 0.2) is 30.3 Å². The van der Waals surface area contributed by atoms with Crippen LogP contribution in [-0.2, 0) is 4.79 Å². The molecule has 1 N–H and O–H groups in total. The minimum absolute atomic E-state index is 0.121. The van der Waals surface area contributed by atoms with E-state index in [1.165, 1.54) is 41.6 Å². The van der Waals surface area contributed by atoms with Crippen molar-refractivity contribution in [3.63, 3.8) is 0 Å². The number of halogens is 1. The van der Waals surface area contributed by atoms with Crippen LogP contribution in [0.25, 0.3) is 0 Å². The van der Waals surface area contributed by atoms with Crippen molar-refractivity contribution in [1.82, 2.24) is 15.1 Å². The van der Waals surface area contributed by atoms with Gasteiger partial charge in [-0.05, 0) is 74.4 Å². The van der Waals surface area contributed by atoms with Gasteiger partial charge in [0.25, 0.3) is 0 Å². The van der Waals surface area contributed by atoms with Crippen molar-refractivity contribution in [2.75, 3.05) is 64.4 Å². The second-order valence-electron chi connectivity index (χ2n) is 10.8. The lowest BCUT2D eigenvalue weighted by atomic mass is 9.86. The summed E-state index contributed by atoms with van der Waals surface area (Å²) in [6, 6.07) is 11.6. The van der Waals surface area contributed by atoms with Crippen LogP contribution >= 0.6 is 11.6 Å². The lowest BCUT2D eigenvalue weighted by molar-refractivity contribution is -0.124. The Morgan fingerprint density at radius 3 is 2.74 bits per heavy atom. The van der Waals surface area contributed by atoms with Crippen LogP contribution in [0.4, 0.5) is 5.69 Å². The number of rotatable bonds is 8. The molecule has 0 aromatic heterocycles. The number of piperazine rings is 2. The molecule has 3 aliphatic rings. The van der Waals surface area contributed by atoms with E-state index in [-0.39, 0.29) is 5.91 Å². The second-order valence-corrected chi connectivity index (χ2v) is 11.2. The number of piperidine rings is 1. The maximum absolute atomic E-state index is 11.6. The Balaban J connectivity index is 1.21. The second kappa shape index (κ2) is 12.1. The molecular weight excluding hydrogens is 500 g/mol. The Bertz CT molecular complexity index is 1140. The van der Waals surface area contributed by atoms with Crippen molar-refractivity contribution in [2.45, 2.75) is 51.6 Å². The van der Waals surface area contributed by atoms with Gasteiger partial charge in [-0.1, -0.05) is 17.7 Å². The summed E-state index contributed by atoms with van der Waals surface area (Å²) in [5, 5.41) is 3.54. The highest BCUT2D eigenvalue weighted by atomic mass is 35.5. The number of benzene rings is 2. The number of fused-ring (bicyclic) bond motifs is 1. The van der Waals surface area contributed by atoms with Gasteiger partial charge < -0.3 is 19.7 Å². The van der Waals surface area contributed by atoms with E-state index in [0.717, 1.165) is 57.2 Å². The van der Waals surface area contributed by atoms with Crippen LogP contribution in [0.2, 0.25) is 5.02 Å². The summed E-state index contributed by atoms with van der Waals surface area (Å²) in [7, 11) is 1.67. The normalized spacial score (nSPS) is 22.6. The number of methoxy groups -OCH3 is 1. The van der Waals surface area contributed by atoms with Gasteiger partial charge >= 0.3 is 0 Å². The molecule has 0 radical (unpaired) electrons. The Morgan fingerprint density at radius 2 is 1.92 bits per heavy atom. The van der Waals surface area contributed by atoms with Crippen molar-refractivity contribution in [3.05, 3.63) is 52.0 Å². The predicted octanol–water partition coefficient (Wildman–Crippen LogP) is 4.58. The summed E-state index contributed by atoms with van der Waals surface area (Å²) in [4.78, 5) is 19.0. The van der Waals surface area contributed by atoms with Gasteiger partial charge in [0.2, 0.25) is 5.91 Å². The largest absolute Gasteiger partial charge is 0.495 e. The smallest absolute Gasteiger partial charge is 0.234 e. The fourth-order valence-corrected chi connectivity index (χ4v) is 6.54. The fourth-order valence-electron chi connectivity index (χ4n) is 6.35. The molecule has 0 spiro atoms. The number of carbonyl (C=O) groups is 1. The highest BCUT2D eigenvalue weighted by Gasteiger charge is 2.36. The Hall–Kier alpha value is -2.48. The molecular formula is C30H41ClN4O3. The zero-order chi connectivity index (χ0) is 26.6. The third kappa shape index (κ3) is 5.90. The number of carbonyl (C=O) groups excluding carboxylic acids is 1. The SMILES string of the molecule is COc1cc(N2CCN3[C@@H](CCC[C@@H]3c3ccc(OCCCN4CCNC(=O)C4)c(C)c3C)C2)ccc1Cl. The Morgan fingerprint density at radius 1 is 1.05 bits per heavy atom. The molecule has 0 bridgehead atoms. The number of amides is 1. The zero-order valence-electron chi connectivity index (χ0n) is 23.0. The molecule has 3 heterocycles. The average Bonchev–Trinajstić information content (AvgIpc) is 2.93. The summed E-state index contributed by atoms with van der Waals surface area (Å²) in [5.74, 6) is 1.84. The van der Waals surface area contributed by atoms with E-state index >= 15 is 0 Å². The minimum atomic E-state index is 0.121. The summed E-state index contributed by atoms with van der Waals surface area (Å²) in [6.45, 7) is 11.2. The molecule has 38 heavy (non-hydrogen) atoms. The topological polar surface area (TPSA) is 57.3 Å². The maximum atomic E-state index is 11.6. The maximum Gasteiger partial charge on any atom is 0.234 e. The molecule has 206 valence electrons. The van der Waals surface area contributed by atoms with Gasteiger partial charge in [0.15, 0.2) is 0 Å². The first-order chi connectivity index (χ1) is 18.4. The first-order valence-electron chi connectivity index (χ1n) is 14.0. The van der Waals surface area contributed by atoms with E-state index in [9.17, 15) is 4.79 Å². The minimum Gasteiger partial charge on any atom is -0.495 e. The van der Waals surface area contributed by atoms with Crippen LogP contribution in [0.5, 0.6) is 11.5 Å². The molecule has 2 aromatic carbocycles. The van der Waals surface area contributed by atoms with Crippen LogP contribution in [0.3, 0.4) is 0 Å². The van der Waals surface area contributed by atoms with E-state index in [0.29, 0.717) is 30.3 Å². The average molecular weight is 541 g/mol. The molecule has 3 fully saturated rings. The third-order valence-electron chi connectivity index (χ3n) is 8.58. The Kier molecular flexibility index (Phi) is 8.66. The van der Waals surface area contributed by atoms with E-state index in [4.69, 9.17) is 21.1 Å². The first-order valence-corrected chi connectivity index (χ1v) is 14.4. The van der Waals surface area contributed by atoms with Crippen LogP contribution in [0.1, 0.15) is 48.4 Å².